The van der Waals surface area contributed by atoms with Crippen LogP contribution >= 0.6 is 0 Å². The largest absolute Gasteiger partial charge is 0.464 e. The molecule has 0 aliphatic heterocycles. The van der Waals surface area contributed by atoms with Crippen molar-refractivity contribution < 1.29 is 4.42 Å². The van der Waals surface area contributed by atoms with Crippen molar-refractivity contribution in [3.8, 4) is 11.3 Å². The second-order valence-electron chi connectivity index (χ2n) is 4.76. The maximum atomic E-state index is 5.42. The topological polar surface area (TPSA) is 31.0 Å². The van der Waals surface area contributed by atoms with Gasteiger partial charge in [-0.2, -0.15) is 5.10 Å². The first kappa shape index (κ1) is 10.0. The molecule has 2 aromatic rings. The van der Waals surface area contributed by atoms with Crippen molar-refractivity contribution in [3.05, 3.63) is 30.3 Å². The van der Waals surface area contributed by atoms with Gasteiger partial charge in [0.25, 0.3) is 0 Å². The molecule has 0 atom stereocenters. The van der Waals surface area contributed by atoms with Gasteiger partial charge in [0.1, 0.15) is 5.76 Å². The fourth-order valence-electron chi connectivity index (χ4n) is 1.94. The molecule has 2 heterocycles. The number of hydrogen-bond acceptors (Lipinski definition) is 2. The van der Waals surface area contributed by atoms with E-state index in [2.05, 4.69) is 25.9 Å². The van der Waals surface area contributed by atoms with E-state index in [1.165, 1.54) is 5.69 Å². The Balaban J connectivity index is 2.59. The number of furan rings is 1. The van der Waals surface area contributed by atoms with Crippen molar-refractivity contribution in [1.82, 2.24) is 9.78 Å². The van der Waals surface area contributed by atoms with Gasteiger partial charge in [-0.15, -0.1) is 0 Å². The fourth-order valence-corrected chi connectivity index (χ4v) is 1.94. The average Bonchev–Trinajstić information content (AvgIpc) is 2.68. The molecule has 0 aliphatic rings. The summed E-state index contributed by atoms with van der Waals surface area (Å²) in [4.78, 5) is 0. The molecule has 3 heteroatoms. The molecule has 0 amide bonds. The Morgan fingerprint density at radius 1 is 1.33 bits per heavy atom. The molecule has 15 heavy (non-hydrogen) atoms. The van der Waals surface area contributed by atoms with E-state index in [0.29, 0.717) is 0 Å². The van der Waals surface area contributed by atoms with Crippen molar-refractivity contribution >= 4 is 0 Å². The van der Waals surface area contributed by atoms with Crippen LogP contribution in [0.1, 0.15) is 26.5 Å². The standard InChI is InChI=1S/C12H16N2O/c1-12(2,3)11-9(8-13-14(11)4)10-6-5-7-15-10/h5-8H,1-4H3. The molecule has 0 spiro atoms. The van der Waals surface area contributed by atoms with Gasteiger partial charge in [-0.3, -0.25) is 4.68 Å². The van der Waals surface area contributed by atoms with Crippen molar-refractivity contribution in [2.24, 2.45) is 7.05 Å². The highest BCUT2D eigenvalue weighted by Crippen LogP contribution is 2.32. The van der Waals surface area contributed by atoms with Gasteiger partial charge >= 0.3 is 0 Å². The SMILES string of the molecule is Cn1ncc(-c2ccco2)c1C(C)(C)C. The molecule has 3 nitrogen and oxygen atoms in total. The summed E-state index contributed by atoms with van der Waals surface area (Å²) in [6.45, 7) is 6.53. The van der Waals surface area contributed by atoms with E-state index in [4.69, 9.17) is 4.42 Å². The first-order chi connectivity index (χ1) is 7.00. The second-order valence-corrected chi connectivity index (χ2v) is 4.76. The fraction of sp³-hybridized carbons (Fsp3) is 0.417. The molecule has 0 saturated carbocycles. The zero-order chi connectivity index (χ0) is 11.1. The Morgan fingerprint density at radius 2 is 2.07 bits per heavy atom. The van der Waals surface area contributed by atoms with E-state index in [0.717, 1.165) is 11.3 Å². The van der Waals surface area contributed by atoms with E-state index in [1.54, 1.807) is 6.26 Å². The molecule has 0 unspecified atom stereocenters. The van der Waals surface area contributed by atoms with E-state index < -0.39 is 0 Å². The summed E-state index contributed by atoms with van der Waals surface area (Å²) in [6.07, 6.45) is 3.55. The maximum absolute atomic E-state index is 5.42. The maximum Gasteiger partial charge on any atom is 0.137 e. The van der Waals surface area contributed by atoms with Gasteiger partial charge in [-0.25, -0.2) is 0 Å². The highest BCUT2D eigenvalue weighted by Gasteiger charge is 2.24. The summed E-state index contributed by atoms with van der Waals surface area (Å²) >= 11 is 0. The Morgan fingerprint density at radius 3 is 2.60 bits per heavy atom. The van der Waals surface area contributed by atoms with Gasteiger partial charge in [-0.1, -0.05) is 20.8 Å². The third-order valence-electron chi connectivity index (χ3n) is 2.44. The molecule has 0 bridgehead atoms. The minimum absolute atomic E-state index is 0.0629. The van der Waals surface area contributed by atoms with Crippen LogP contribution in [-0.4, -0.2) is 9.78 Å². The Hall–Kier alpha value is -1.51. The average molecular weight is 204 g/mol. The molecule has 80 valence electrons. The predicted molar refractivity (Wildman–Crippen MR) is 59.6 cm³/mol. The molecule has 2 rings (SSSR count). The molecule has 0 radical (unpaired) electrons. The van der Waals surface area contributed by atoms with Crippen LogP contribution in [0.15, 0.2) is 29.0 Å². The third-order valence-corrected chi connectivity index (χ3v) is 2.44. The Bertz CT molecular complexity index is 446. The molecular weight excluding hydrogens is 188 g/mol. The normalized spacial score (nSPS) is 12.0. The van der Waals surface area contributed by atoms with Gasteiger partial charge in [0.05, 0.1) is 23.7 Å². The summed E-state index contributed by atoms with van der Waals surface area (Å²) in [5.41, 5.74) is 2.33. The Kier molecular flexibility index (Phi) is 2.18. The number of nitrogens with zero attached hydrogens (tertiary/aromatic N) is 2. The van der Waals surface area contributed by atoms with Crippen molar-refractivity contribution in [3.63, 3.8) is 0 Å². The molecular formula is C12H16N2O. The van der Waals surface area contributed by atoms with Gasteiger partial charge in [0, 0.05) is 12.5 Å². The van der Waals surface area contributed by atoms with Crippen LogP contribution in [0.25, 0.3) is 11.3 Å². The van der Waals surface area contributed by atoms with Crippen LogP contribution in [0, 0.1) is 0 Å². The van der Waals surface area contributed by atoms with Crippen LogP contribution in [0.3, 0.4) is 0 Å². The number of rotatable bonds is 1. The van der Waals surface area contributed by atoms with Crippen LogP contribution < -0.4 is 0 Å². The molecule has 0 fully saturated rings. The summed E-state index contributed by atoms with van der Waals surface area (Å²) < 4.78 is 7.33. The van der Waals surface area contributed by atoms with Crippen LogP contribution in [0.4, 0.5) is 0 Å². The summed E-state index contributed by atoms with van der Waals surface area (Å²) in [7, 11) is 1.97. The van der Waals surface area contributed by atoms with E-state index >= 15 is 0 Å². The Labute approximate surface area is 89.7 Å². The summed E-state index contributed by atoms with van der Waals surface area (Å²) in [5, 5.41) is 4.30. The highest BCUT2D eigenvalue weighted by molar-refractivity contribution is 5.61. The van der Waals surface area contributed by atoms with Gasteiger partial charge < -0.3 is 4.42 Å². The minimum atomic E-state index is 0.0629. The monoisotopic (exact) mass is 204 g/mol. The summed E-state index contributed by atoms with van der Waals surface area (Å²) in [6, 6.07) is 3.86. The van der Waals surface area contributed by atoms with Gasteiger partial charge in [0.15, 0.2) is 0 Å². The third kappa shape index (κ3) is 1.69. The molecule has 2 aromatic heterocycles. The first-order valence-electron chi connectivity index (χ1n) is 5.06. The smallest absolute Gasteiger partial charge is 0.137 e. The van der Waals surface area contributed by atoms with Crippen LogP contribution in [0.2, 0.25) is 0 Å². The van der Waals surface area contributed by atoms with E-state index in [-0.39, 0.29) is 5.41 Å². The van der Waals surface area contributed by atoms with E-state index in [1.807, 2.05) is 30.1 Å². The summed E-state index contributed by atoms with van der Waals surface area (Å²) in [5.74, 6) is 0.882. The van der Waals surface area contributed by atoms with Crippen molar-refractivity contribution in [2.75, 3.05) is 0 Å². The highest BCUT2D eigenvalue weighted by atomic mass is 16.3. The minimum Gasteiger partial charge on any atom is -0.464 e. The lowest BCUT2D eigenvalue weighted by molar-refractivity contribution is 0.519. The van der Waals surface area contributed by atoms with Crippen LogP contribution in [-0.2, 0) is 12.5 Å². The zero-order valence-corrected chi connectivity index (χ0v) is 9.61. The number of aryl methyl sites for hydroxylation is 1. The van der Waals surface area contributed by atoms with Crippen molar-refractivity contribution in [2.45, 2.75) is 26.2 Å². The molecule has 0 saturated heterocycles. The molecule has 0 aliphatic carbocycles. The lowest BCUT2D eigenvalue weighted by Gasteiger charge is -2.20. The first-order valence-corrected chi connectivity index (χ1v) is 5.06. The number of aromatic nitrogens is 2. The lowest BCUT2D eigenvalue weighted by Crippen LogP contribution is -2.17. The van der Waals surface area contributed by atoms with Gasteiger partial charge in [0.2, 0.25) is 0 Å². The zero-order valence-electron chi connectivity index (χ0n) is 9.61. The number of hydrogen-bond donors (Lipinski definition) is 0. The predicted octanol–water partition coefficient (Wildman–Crippen LogP) is 2.98. The quantitative estimate of drug-likeness (QED) is 0.715. The van der Waals surface area contributed by atoms with Gasteiger partial charge in [-0.05, 0) is 12.1 Å². The van der Waals surface area contributed by atoms with Crippen LogP contribution in [0.5, 0.6) is 0 Å². The van der Waals surface area contributed by atoms with Crippen molar-refractivity contribution in [1.29, 1.82) is 0 Å². The second kappa shape index (κ2) is 3.26. The molecule has 0 N–H and O–H groups in total. The molecule has 0 aromatic carbocycles. The van der Waals surface area contributed by atoms with E-state index in [9.17, 15) is 0 Å². The lowest BCUT2D eigenvalue weighted by atomic mass is 9.88.